The van der Waals surface area contributed by atoms with E-state index in [2.05, 4.69) is 26.0 Å². The summed E-state index contributed by atoms with van der Waals surface area (Å²) in [6.07, 6.45) is 51.2. The largest absolute Gasteiger partial charge is 0.477 e. The molecule has 0 rings (SSSR count). The first-order chi connectivity index (χ1) is 30.1. The van der Waals surface area contributed by atoms with E-state index in [4.69, 9.17) is 14.2 Å². The van der Waals surface area contributed by atoms with Crippen molar-refractivity contribution in [3.63, 3.8) is 0 Å². The zero-order valence-corrected chi connectivity index (χ0v) is 41.9. The number of carboxylic acid groups (broad SMARTS) is 1. The van der Waals surface area contributed by atoms with Gasteiger partial charge in [-0.15, -0.1) is 0 Å². The SMILES string of the molecule is CCCCCC/C=C/CCCCCCCCCC(=O)OCC(COCCC(C(=O)O)[N+](C)(C)C)OC(=O)CCCCCCCCCCCCCCCCCCCCCCCCC. The number of unbranched alkanes of at least 4 members (excludes halogenated alkanes) is 33. The summed E-state index contributed by atoms with van der Waals surface area (Å²) in [6, 6.07) is -0.611. The third kappa shape index (κ3) is 43.3. The Labute approximate surface area is 384 Å². The molecule has 62 heavy (non-hydrogen) atoms. The van der Waals surface area contributed by atoms with E-state index in [1.807, 2.05) is 21.1 Å². The van der Waals surface area contributed by atoms with E-state index in [1.54, 1.807) is 0 Å². The lowest BCUT2D eigenvalue weighted by Crippen LogP contribution is -2.50. The molecular formula is C54H104NO7+. The Kier molecular flexibility index (Phi) is 44.2. The number of hydrogen-bond acceptors (Lipinski definition) is 6. The molecule has 0 saturated carbocycles. The quantitative estimate of drug-likeness (QED) is 0.0281. The van der Waals surface area contributed by atoms with Crippen molar-refractivity contribution in [3.05, 3.63) is 12.2 Å². The molecule has 2 atom stereocenters. The summed E-state index contributed by atoms with van der Waals surface area (Å²) in [5.74, 6) is -1.45. The normalized spacial score (nSPS) is 12.9. The molecule has 0 aromatic carbocycles. The van der Waals surface area contributed by atoms with Gasteiger partial charge in [0.2, 0.25) is 0 Å². The van der Waals surface area contributed by atoms with Crippen molar-refractivity contribution in [2.75, 3.05) is 41.0 Å². The third-order valence-electron chi connectivity index (χ3n) is 12.4. The second kappa shape index (κ2) is 45.6. The molecule has 1 N–H and O–H groups in total. The maximum absolute atomic E-state index is 12.8. The zero-order chi connectivity index (χ0) is 45.6. The number of carbonyl (C=O) groups excluding carboxylic acids is 2. The van der Waals surface area contributed by atoms with Crippen molar-refractivity contribution < 1.29 is 38.2 Å². The predicted octanol–water partition coefficient (Wildman–Crippen LogP) is 15.4. The molecule has 0 fully saturated rings. The summed E-state index contributed by atoms with van der Waals surface area (Å²) in [4.78, 5) is 37.2. The topological polar surface area (TPSA) is 99.1 Å². The number of likely N-dealkylation sites (N-methyl/N-ethyl adjacent to an activating group) is 1. The van der Waals surface area contributed by atoms with Crippen LogP contribution in [0.4, 0.5) is 0 Å². The van der Waals surface area contributed by atoms with Crippen molar-refractivity contribution in [1.82, 2.24) is 0 Å². The number of hydrogen-bond donors (Lipinski definition) is 1. The Morgan fingerprint density at radius 2 is 0.806 bits per heavy atom. The molecule has 8 nitrogen and oxygen atoms in total. The van der Waals surface area contributed by atoms with Gasteiger partial charge in [-0.1, -0.05) is 219 Å². The van der Waals surface area contributed by atoms with Crippen molar-refractivity contribution in [1.29, 1.82) is 0 Å². The van der Waals surface area contributed by atoms with Gasteiger partial charge in [0.15, 0.2) is 12.1 Å². The molecule has 0 spiro atoms. The van der Waals surface area contributed by atoms with Gasteiger partial charge in [0, 0.05) is 19.3 Å². The highest BCUT2D eigenvalue weighted by molar-refractivity contribution is 5.72. The number of carbonyl (C=O) groups is 3. The van der Waals surface area contributed by atoms with Gasteiger partial charge < -0.3 is 23.8 Å². The summed E-state index contributed by atoms with van der Waals surface area (Å²) in [5.41, 5.74) is 0. The lowest BCUT2D eigenvalue weighted by Gasteiger charge is -2.31. The first kappa shape index (κ1) is 60.1. The maximum atomic E-state index is 12.8. The number of aliphatic carboxylic acids is 1. The molecule has 0 aliphatic carbocycles. The summed E-state index contributed by atoms with van der Waals surface area (Å²) in [7, 11) is 5.55. The number of rotatable bonds is 49. The molecule has 0 amide bonds. The van der Waals surface area contributed by atoms with E-state index in [0.717, 1.165) is 38.5 Å². The number of allylic oxidation sites excluding steroid dienone is 2. The van der Waals surface area contributed by atoms with Crippen LogP contribution in [0, 0.1) is 0 Å². The van der Waals surface area contributed by atoms with E-state index in [9.17, 15) is 19.5 Å². The number of ether oxygens (including phenoxy) is 3. The lowest BCUT2D eigenvalue weighted by molar-refractivity contribution is -0.887. The van der Waals surface area contributed by atoms with Crippen molar-refractivity contribution >= 4 is 17.9 Å². The Bertz CT molecular complexity index is 1020. The molecule has 0 aromatic heterocycles. The van der Waals surface area contributed by atoms with E-state index >= 15 is 0 Å². The molecule has 0 bridgehead atoms. The van der Waals surface area contributed by atoms with Crippen LogP contribution in [0.1, 0.15) is 264 Å². The monoisotopic (exact) mass is 879 g/mol. The number of esters is 2. The van der Waals surface area contributed by atoms with Gasteiger partial charge in [-0.25, -0.2) is 4.79 Å². The summed E-state index contributed by atoms with van der Waals surface area (Å²) in [6.45, 7) is 4.77. The van der Waals surface area contributed by atoms with Gasteiger partial charge in [-0.2, -0.15) is 0 Å². The van der Waals surface area contributed by atoms with Gasteiger partial charge >= 0.3 is 17.9 Å². The highest BCUT2D eigenvalue weighted by atomic mass is 16.6. The second-order valence-corrected chi connectivity index (χ2v) is 19.5. The van der Waals surface area contributed by atoms with Crippen LogP contribution in [0.25, 0.3) is 0 Å². The fourth-order valence-corrected chi connectivity index (χ4v) is 8.27. The van der Waals surface area contributed by atoms with Gasteiger partial charge in [0.25, 0.3) is 0 Å². The van der Waals surface area contributed by atoms with Gasteiger partial charge in [0.1, 0.15) is 6.61 Å². The van der Waals surface area contributed by atoms with Crippen LogP contribution >= 0.6 is 0 Å². The van der Waals surface area contributed by atoms with Crippen molar-refractivity contribution in [3.8, 4) is 0 Å². The van der Waals surface area contributed by atoms with Gasteiger partial charge in [-0.05, 0) is 38.5 Å². The average molecular weight is 879 g/mol. The fraction of sp³-hybridized carbons (Fsp3) is 0.907. The van der Waals surface area contributed by atoms with Gasteiger partial charge in [0.05, 0.1) is 34.4 Å². The Morgan fingerprint density at radius 1 is 0.468 bits per heavy atom. The van der Waals surface area contributed by atoms with Crippen LogP contribution in [0.3, 0.4) is 0 Å². The minimum atomic E-state index is -0.871. The lowest BCUT2D eigenvalue weighted by atomic mass is 10.0. The molecular weight excluding hydrogens is 775 g/mol. The second-order valence-electron chi connectivity index (χ2n) is 19.5. The summed E-state index contributed by atoms with van der Waals surface area (Å²) >= 11 is 0. The van der Waals surface area contributed by atoms with E-state index in [0.29, 0.717) is 19.3 Å². The van der Waals surface area contributed by atoms with Crippen LogP contribution in [0.15, 0.2) is 12.2 Å². The Balaban J connectivity index is 4.15. The molecule has 0 aliphatic heterocycles. The molecule has 0 aliphatic rings. The Morgan fingerprint density at radius 3 is 1.18 bits per heavy atom. The third-order valence-corrected chi connectivity index (χ3v) is 12.4. The molecule has 0 radical (unpaired) electrons. The van der Waals surface area contributed by atoms with E-state index in [1.165, 1.54) is 193 Å². The number of quaternary nitrogens is 1. The first-order valence-corrected chi connectivity index (χ1v) is 26.7. The van der Waals surface area contributed by atoms with Crippen LogP contribution in [0.2, 0.25) is 0 Å². The highest BCUT2D eigenvalue weighted by Gasteiger charge is 2.31. The highest BCUT2D eigenvalue weighted by Crippen LogP contribution is 2.17. The molecule has 8 heteroatoms. The van der Waals surface area contributed by atoms with Crippen molar-refractivity contribution in [2.24, 2.45) is 0 Å². The zero-order valence-electron chi connectivity index (χ0n) is 41.9. The molecule has 0 heterocycles. The van der Waals surface area contributed by atoms with Gasteiger partial charge in [-0.3, -0.25) is 9.59 Å². The van der Waals surface area contributed by atoms with Crippen molar-refractivity contribution in [2.45, 2.75) is 276 Å². The average Bonchev–Trinajstić information content (AvgIpc) is 3.23. The number of nitrogens with zero attached hydrogens (tertiary/aromatic N) is 1. The summed E-state index contributed by atoms with van der Waals surface area (Å²) < 4.78 is 17.4. The minimum absolute atomic E-state index is 0.0468. The standard InChI is InChI=1S/C54H103NO7/c1-6-8-10-12-14-16-18-20-22-23-24-25-26-27-28-29-31-33-35-37-39-41-43-45-53(57)62-50(48-60-47-46-51(54(58)59)55(3,4)5)49-61-52(56)44-42-40-38-36-34-32-30-21-19-17-15-13-11-9-7-2/h17,19,50-51H,6-16,18,20-49H2,1-5H3/p+1/b19-17+. The smallest absolute Gasteiger partial charge is 0.362 e. The van der Waals surface area contributed by atoms with E-state index in [-0.39, 0.29) is 36.2 Å². The van der Waals surface area contributed by atoms with Crippen LogP contribution < -0.4 is 0 Å². The van der Waals surface area contributed by atoms with Crippen LogP contribution in [0.5, 0.6) is 0 Å². The number of carboxylic acids is 1. The Hall–Kier alpha value is -1.93. The molecule has 0 saturated heterocycles. The maximum Gasteiger partial charge on any atom is 0.362 e. The molecule has 366 valence electrons. The first-order valence-electron chi connectivity index (χ1n) is 26.7. The fourth-order valence-electron chi connectivity index (χ4n) is 8.27. The molecule has 0 aromatic rings. The minimum Gasteiger partial charge on any atom is -0.477 e. The molecule has 2 unspecified atom stereocenters. The van der Waals surface area contributed by atoms with Crippen LogP contribution in [-0.4, -0.2) is 80.6 Å². The van der Waals surface area contributed by atoms with Crippen LogP contribution in [-0.2, 0) is 28.6 Å². The summed E-state index contributed by atoms with van der Waals surface area (Å²) in [5, 5.41) is 9.65. The predicted molar refractivity (Wildman–Crippen MR) is 262 cm³/mol. The van der Waals surface area contributed by atoms with E-state index < -0.39 is 18.1 Å².